The summed E-state index contributed by atoms with van der Waals surface area (Å²) >= 11 is 0. The van der Waals surface area contributed by atoms with Crippen LogP contribution in [-0.4, -0.2) is 20.0 Å². The Morgan fingerprint density at radius 2 is 2.00 bits per heavy atom. The van der Waals surface area contributed by atoms with Crippen LogP contribution in [0.15, 0.2) is 24.3 Å². The first-order valence-electron chi connectivity index (χ1n) is 6.53. The van der Waals surface area contributed by atoms with Crippen LogP contribution in [-0.2, 0) is 6.42 Å². The molecule has 0 unspecified atom stereocenters. The molecule has 5 nitrogen and oxygen atoms in total. The number of nitrogens with one attached hydrogen (secondary N) is 1. The lowest BCUT2D eigenvalue weighted by Gasteiger charge is -2.02. The number of hydrogen-bond acceptors (Lipinski definition) is 3. The molecule has 0 aliphatic heterocycles. The SMILES string of the molecule is CC(C)Cc1nn(-c2ccc(F)cc2)c2n[nH]c(N)c12. The van der Waals surface area contributed by atoms with Crippen LogP contribution in [0.1, 0.15) is 19.5 Å². The van der Waals surface area contributed by atoms with Gasteiger partial charge in [0, 0.05) is 0 Å². The van der Waals surface area contributed by atoms with E-state index in [9.17, 15) is 4.39 Å². The van der Waals surface area contributed by atoms with E-state index < -0.39 is 0 Å². The molecule has 3 N–H and O–H groups in total. The average molecular weight is 273 g/mol. The molecule has 0 bridgehead atoms. The number of aromatic nitrogens is 4. The zero-order valence-electron chi connectivity index (χ0n) is 11.4. The van der Waals surface area contributed by atoms with E-state index >= 15 is 0 Å². The van der Waals surface area contributed by atoms with Crippen LogP contribution in [0.4, 0.5) is 10.2 Å². The van der Waals surface area contributed by atoms with Gasteiger partial charge >= 0.3 is 0 Å². The van der Waals surface area contributed by atoms with Crippen molar-refractivity contribution >= 4 is 16.9 Å². The third kappa shape index (κ3) is 2.03. The topological polar surface area (TPSA) is 72.5 Å². The predicted molar refractivity (Wildman–Crippen MR) is 76.1 cm³/mol. The highest BCUT2D eigenvalue weighted by atomic mass is 19.1. The number of nitrogens with zero attached hydrogens (tertiary/aromatic N) is 3. The summed E-state index contributed by atoms with van der Waals surface area (Å²) < 4.78 is 14.7. The molecule has 2 heterocycles. The third-order valence-electron chi connectivity index (χ3n) is 3.16. The Balaban J connectivity index is 2.18. The van der Waals surface area contributed by atoms with Crippen molar-refractivity contribution in [3.05, 3.63) is 35.8 Å². The maximum atomic E-state index is 13.0. The van der Waals surface area contributed by atoms with Crippen molar-refractivity contribution in [2.75, 3.05) is 5.73 Å². The Hall–Kier alpha value is -2.37. The average Bonchev–Trinajstić information content (AvgIpc) is 2.93. The Morgan fingerprint density at radius 3 is 2.65 bits per heavy atom. The van der Waals surface area contributed by atoms with Gasteiger partial charge in [-0.15, -0.1) is 0 Å². The molecule has 0 aliphatic carbocycles. The minimum absolute atomic E-state index is 0.277. The van der Waals surface area contributed by atoms with E-state index in [0.29, 0.717) is 17.4 Å². The molecule has 1 aromatic carbocycles. The fourth-order valence-corrected chi connectivity index (χ4v) is 2.29. The van der Waals surface area contributed by atoms with Crippen molar-refractivity contribution in [3.63, 3.8) is 0 Å². The number of hydrogen-bond donors (Lipinski definition) is 2. The van der Waals surface area contributed by atoms with Gasteiger partial charge in [0.15, 0.2) is 5.65 Å². The maximum Gasteiger partial charge on any atom is 0.186 e. The predicted octanol–water partition coefficient (Wildman–Crippen LogP) is 2.67. The number of fused-ring (bicyclic) bond motifs is 1. The van der Waals surface area contributed by atoms with Gasteiger partial charge in [0.05, 0.1) is 16.8 Å². The van der Waals surface area contributed by atoms with Crippen LogP contribution >= 0.6 is 0 Å². The third-order valence-corrected chi connectivity index (χ3v) is 3.16. The van der Waals surface area contributed by atoms with Crippen LogP contribution in [0.2, 0.25) is 0 Å². The Bertz CT molecular complexity index is 739. The largest absolute Gasteiger partial charge is 0.383 e. The maximum absolute atomic E-state index is 13.0. The molecule has 104 valence electrons. The second-order valence-electron chi connectivity index (χ2n) is 5.27. The summed E-state index contributed by atoms with van der Waals surface area (Å²) in [4.78, 5) is 0. The van der Waals surface area contributed by atoms with Gasteiger partial charge in [0.1, 0.15) is 11.6 Å². The van der Waals surface area contributed by atoms with Crippen molar-refractivity contribution in [3.8, 4) is 5.69 Å². The summed E-state index contributed by atoms with van der Waals surface area (Å²) in [5, 5.41) is 12.4. The molecule has 0 saturated carbocycles. The summed E-state index contributed by atoms with van der Waals surface area (Å²) in [5.74, 6) is 0.703. The number of benzene rings is 1. The smallest absolute Gasteiger partial charge is 0.186 e. The zero-order chi connectivity index (χ0) is 14.3. The Labute approximate surface area is 115 Å². The molecule has 20 heavy (non-hydrogen) atoms. The number of anilines is 1. The van der Waals surface area contributed by atoms with E-state index in [-0.39, 0.29) is 5.82 Å². The van der Waals surface area contributed by atoms with Gasteiger partial charge in [0.2, 0.25) is 0 Å². The van der Waals surface area contributed by atoms with Crippen LogP contribution in [0, 0.1) is 11.7 Å². The van der Waals surface area contributed by atoms with Crippen molar-refractivity contribution in [2.45, 2.75) is 20.3 Å². The molecule has 0 fully saturated rings. The number of H-pyrrole nitrogens is 1. The highest BCUT2D eigenvalue weighted by Crippen LogP contribution is 2.26. The fourth-order valence-electron chi connectivity index (χ4n) is 2.29. The highest BCUT2D eigenvalue weighted by Gasteiger charge is 2.18. The van der Waals surface area contributed by atoms with Crippen LogP contribution in [0.3, 0.4) is 0 Å². The monoisotopic (exact) mass is 273 g/mol. The van der Waals surface area contributed by atoms with E-state index in [1.807, 2.05) is 0 Å². The summed E-state index contributed by atoms with van der Waals surface area (Å²) in [6.07, 6.45) is 0.814. The Kier molecular flexibility index (Phi) is 2.93. The molecule has 3 aromatic rings. The molecule has 0 aliphatic rings. The van der Waals surface area contributed by atoms with Gasteiger partial charge in [-0.3, -0.25) is 5.10 Å². The number of nitrogen functional groups attached to an aromatic ring is 1. The number of halogens is 1. The molecule has 0 spiro atoms. The van der Waals surface area contributed by atoms with Crippen molar-refractivity contribution in [1.29, 1.82) is 0 Å². The molecule has 0 saturated heterocycles. The van der Waals surface area contributed by atoms with E-state index in [1.54, 1.807) is 16.8 Å². The lowest BCUT2D eigenvalue weighted by atomic mass is 10.1. The van der Waals surface area contributed by atoms with E-state index in [0.717, 1.165) is 23.2 Å². The number of nitrogens with two attached hydrogens (primary N) is 1. The quantitative estimate of drug-likeness (QED) is 0.770. The van der Waals surface area contributed by atoms with Crippen LogP contribution < -0.4 is 5.73 Å². The van der Waals surface area contributed by atoms with Gasteiger partial charge in [0.25, 0.3) is 0 Å². The molecule has 0 radical (unpaired) electrons. The van der Waals surface area contributed by atoms with Gasteiger partial charge in [-0.2, -0.15) is 10.2 Å². The molecule has 6 heteroatoms. The van der Waals surface area contributed by atoms with Gasteiger partial charge < -0.3 is 5.73 Å². The zero-order valence-corrected chi connectivity index (χ0v) is 11.4. The first kappa shape index (κ1) is 12.7. The van der Waals surface area contributed by atoms with E-state index in [2.05, 4.69) is 29.1 Å². The van der Waals surface area contributed by atoms with Crippen molar-refractivity contribution < 1.29 is 4.39 Å². The Morgan fingerprint density at radius 1 is 1.30 bits per heavy atom. The number of rotatable bonds is 3. The standard InChI is InChI=1S/C14H16FN5/c1-8(2)7-11-12-13(16)17-18-14(12)20(19-11)10-5-3-9(15)4-6-10/h3-6,8H,7H2,1-2H3,(H3,16,17,18). The van der Waals surface area contributed by atoms with Crippen LogP contribution in [0.5, 0.6) is 0 Å². The van der Waals surface area contributed by atoms with Crippen LogP contribution in [0.25, 0.3) is 16.7 Å². The van der Waals surface area contributed by atoms with Crippen molar-refractivity contribution in [2.24, 2.45) is 5.92 Å². The molecule has 0 amide bonds. The highest BCUT2D eigenvalue weighted by molar-refractivity contribution is 5.89. The fraction of sp³-hybridized carbons (Fsp3) is 0.286. The minimum atomic E-state index is -0.277. The molecule has 2 aromatic heterocycles. The van der Waals surface area contributed by atoms with Gasteiger partial charge in [-0.05, 0) is 36.6 Å². The number of aromatic amines is 1. The molecule has 3 rings (SSSR count). The molecular weight excluding hydrogens is 257 g/mol. The van der Waals surface area contributed by atoms with E-state index in [4.69, 9.17) is 5.73 Å². The van der Waals surface area contributed by atoms with Gasteiger partial charge in [-0.25, -0.2) is 9.07 Å². The lowest BCUT2D eigenvalue weighted by molar-refractivity contribution is 0.625. The minimum Gasteiger partial charge on any atom is -0.383 e. The second-order valence-corrected chi connectivity index (χ2v) is 5.27. The van der Waals surface area contributed by atoms with E-state index in [1.165, 1.54) is 12.1 Å². The first-order chi connectivity index (χ1) is 9.56. The normalized spacial score (nSPS) is 11.6. The van der Waals surface area contributed by atoms with Crippen molar-refractivity contribution in [1.82, 2.24) is 20.0 Å². The second kappa shape index (κ2) is 4.63. The molecule has 0 atom stereocenters. The summed E-state index contributed by atoms with van der Waals surface area (Å²) in [5.41, 5.74) is 8.28. The first-order valence-corrected chi connectivity index (χ1v) is 6.53. The molecular formula is C14H16FN5. The lowest BCUT2D eigenvalue weighted by Crippen LogP contribution is -2.01. The van der Waals surface area contributed by atoms with Gasteiger partial charge in [-0.1, -0.05) is 13.8 Å². The summed E-state index contributed by atoms with van der Waals surface area (Å²) in [6, 6.07) is 6.15. The summed E-state index contributed by atoms with van der Waals surface area (Å²) in [7, 11) is 0. The summed E-state index contributed by atoms with van der Waals surface area (Å²) in [6.45, 7) is 4.25.